The second-order valence-electron chi connectivity index (χ2n) is 4.71. The Hall–Kier alpha value is -0.880. The molecule has 0 aromatic heterocycles. The van der Waals surface area contributed by atoms with E-state index in [-0.39, 0.29) is 11.8 Å². The Bertz CT molecular complexity index is 394. The fraction of sp³-hybridized carbons (Fsp3) is 0.571. The van der Waals surface area contributed by atoms with Crippen LogP contribution in [0, 0.1) is 0 Å². The van der Waals surface area contributed by atoms with Gasteiger partial charge in [-0.1, -0.05) is 26.0 Å². The first kappa shape index (κ1) is 17.2. The molecule has 0 radical (unpaired) electrons. The molecule has 20 heavy (non-hydrogen) atoms. The standard InChI is InChI=1S/C14H20F3NOS/c1-3-10(2)20-9-12(18)8-11-4-6-13(7-5-11)19-14(15,16)17/h4-7,10,12H,3,8-9,18H2,1-2H3. The van der Waals surface area contributed by atoms with Gasteiger partial charge in [-0.3, -0.25) is 0 Å². The Morgan fingerprint density at radius 1 is 1.25 bits per heavy atom. The summed E-state index contributed by atoms with van der Waals surface area (Å²) < 4.78 is 39.9. The van der Waals surface area contributed by atoms with Crippen molar-refractivity contribution in [1.29, 1.82) is 0 Å². The van der Waals surface area contributed by atoms with Gasteiger partial charge in [0.05, 0.1) is 0 Å². The average molecular weight is 307 g/mol. The van der Waals surface area contributed by atoms with Crippen LogP contribution in [0.1, 0.15) is 25.8 Å². The molecule has 0 aliphatic heterocycles. The summed E-state index contributed by atoms with van der Waals surface area (Å²) in [6.07, 6.45) is -2.90. The first-order valence-corrected chi connectivity index (χ1v) is 7.57. The van der Waals surface area contributed by atoms with E-state index in [1.807, 2.05) is 11.8 Å². The van der Waals surface area contributed by atoms with E-state index in [1.165, 1.54) is 12.1 Å². The van der Waals surface area contributed by atoms with Crippen molar-refractivity contribution in [3.05, 3.63) is 29.8 Å². The third-order valence-electron chi connectivity index (χ3n) is 2.82. The van der Waals surface area contributed by atoms with Crippen LogP contribution in [-0.2, 0) is 6.42 Å². The summed E-state index contributed by atoms with van der Waals surface area (Å²) in [7, 11) is 0. The lowest BCUT2D eigenvalue weighted by Crippen LogP contribution is -2.26. The van der Waals surface area contributed by atoms with Crippen LogP contribution in [0.5, 0.6) is 5.75 Å². The first-order chi connectivity index (χ1) is 9.30. The lowest BCUT2D eigenvalue weighted by atomic mass is 10.1. The van der Waals surface area contributed by atoms with Gasteiger partial charge in [-0.15, -0.1) is 13.2 Å². The van der Waals surface area contributed by atoms with E-state index in [2.05, 4.69) is 18.6 Å². The van der Waals surface area contributed by atoms with Crippen molar-refractivity contribution in [3.63, 3.8) is 0 Å². The van der Waals surface area contributed by atoms with Crippen molar-refractivity contribution in [2.24, 2.45) is 5.73 Å². The highest BCUT2D eigenvalue weighted by molar-refractivity contribution is 7.99. The summed E-state index contributed by atoms with van der Waals surface area (Å²) in [5, 5.41) is 0.573. The lowest BCUT2D eigenvalue weighted by molar-refractivity contribution is -0.274. The summed E-state index contributed by atoms with van der Waals surface area (Å²) in [6.45, 7) is 4.28. The van der Waals surface area contributed by atoms with E-state index >= 15 is 0 Å². The zero-order valence-electron chi connectivity index (χ0n) is 11.6. The first-order valence-electron chi connectivity index (χ1n) is 6.52. The molecule has 1 rings (SSSR count). The van der Waals surface area contributed by atoms with E-state index in [9.17, 15) is 13.2 Å². The van der Waals surface area contributed by atoms with E-state index in [4.69, 9.17) is 5.73 Å². The van der Waals surface area contributed by atoms with Crippen molar-refractivity contribution in [2.75, 3.05) is 5.75 Å². The third-order valence-corrected chi connectivity index (χ3v) is 4.35. The largest absolute Gasteiger partial charge is 0.573 e. The minimum absolute atomic E-state index is 0.00313. The van der Waals surface area contributed by atoms with Gasteiger partial charge in [0.1, 0.15) is 5.75 Å². The lowest BCUT2D eigenvalue weighted by Gasteiger charge is -2.15. The number of alkyl halides is 3. The number of nitrogens with two attached hydrogens (primary N) is 1. The molecular weight excluding hydrogens is 287 g/mol. The average Bonchev–Trinajstić information content (AvgIpc) is 2.36. The quantitative estimate of drug-likeness (QED) is 0.827. The Kier molecular flexibility index (Phi) is 6.68. The molecule has 2 nitrogen and oxygen atoms in total. The van der Waals surface area contributed by atoms with Gasteiger partial charge in [-0.25, -0.2) is 0 Å². The van der Waals surface area contributed by atoms with Crippen LogP contribution in [0.25, 0.3) is 0 Å². The van der Waals surface area contributed by atoms with Gasteiger partial charge in [0.25, 0.3) is 0 Å². The summed E-state index contributed by atoms with van der Waals surface area (Å²) >= 11 is 1.82. The van der Waals surface area contributed by atoms with E-state index in [0.717, 1.165) is 17.7 Å². The number of hydrogen-bond donors (Lipinski definition) is 1. The zero-order valence-corrected chi connectivity index (χ0v) is 12.4. The maximum Gasteiger partial charge on any atom is 0.573 e. The topological polar surface area (TPSA) is 35.2 Å². The number of hydrogen-bond acceptors (Lipinski definition) is 3. The molecule has 0 aliphatic carbocycles. The number of ether oxygens (including phenoxy) is 1. The second kappa shape index (κ2) is 7.78. The van der Waals surface area contributed by atoms with Crippen LogP contribution in [0.15, 0.2) is 24.3 Å². The molecule has 0 saturated carbocycles. The van der Waals surface area contributed by atoms with Gasteiger partial charge in [0.2, 0.25) is 0 Å². The van der Waals surface area contributed by atoms with Crippen LogP contribution in [0.2, 0.25) is 0 Å². The van der Waals surface area contributed by atoms with Crippen molar-refractivity contribution in [2.45, 2.75) is 44.3 Å². The fourth-order valence-corrected chi connectivity index (χ4v) is 2.52. The van der Waals surface area contributed by atoms with Crippen molar-refractivity contribution >= 4 is 11.8 Å². The van der Waals surface area contributed by atoms with E-state index in [0.29, 0.717) is 11.7 Å². The fourth-order valence-electron chi connectivity index (χ4n) is 1.59. The van der Waals surface area contributed by atoms with Crippen molar-refractivity contribution in [1.82, 2.24) is 0 Å². The second-order valence-corrected chi connectivity index (χ2v) is 6.18. The van der Waals surface area contributed by atoms with Gasteiger partial charge in [-0.05, 0) is 30.5 Å². The molecule has 1 aromatic carbocycles. The van der Waals surface area contributed by atoms with E-state index in [1.54, 1.807) is 12.1 Å². The van der Waals surface area contributed by atoms with Gasteiger partial charge in [0.15, 0.2) is 0 Å². The highest BCUT2D eigenvalue weighted by Crippen LogP contribution is 2.23. The number of halogens is 3. The SMILES string of the molecule is CCC(C)SCC(N)Cc1ccc(OC(F)(F)F)cc1. The van der Waals surface area contributed by atoms with Crippen LogP contribution < -0.4 is 10.5 Å². The number of thioether (sulfide) groups is 1. The molecule has 0 spiro atoms. The molecule has 0 heterocycles. The van der Waals surface area contributed by atoms with Crippen molar-refractivity contribution in [3.8, 4) is 5.75 Å². The molecule has 114 valence electrons. The van der Waals surface area contributed by atoms with Gasteiger partial charge >= 0.3 is 6.36 Å². The van der Waals surface area contributed by atoms with Gasteiger partial charge in [-0.2, -0.15) is 11.8 Å². The van der Waals surface area contributed by atoms with Crippen LogP contribution in [0.3, 0.4) is 0 Å². The molecular formula is C14H20F3NOS. The molecule has 2 unspecified atom stereocenters. The predicted molar refractivity (Wildman–Crippen MR) is 77.0 cm³/mol. The molecule has 0 amide bonds. The summed E-state index contributed by atoms with van der Waals surface area (Å²) in [4.78, 5) is 0. The molecule has 0 bridgehead atoms. The molecule has 2 N–H and O–H groups in total. The minimum Gasteiger partial charge on any atom is -0.406 e. The summed E-state index contributed by atoms with van der Waals surface area (Å²) in [5.74, 6) is 0.638. The molecule has 1 aromatic rings. The number of benzene rings is 1. The monoisotopic (exact) mass is 307 g/mol. The minimum atomic E-state index is -4.65. The van der Waals surface area contributed by atoms with Gasteiger partial charge in [0, 0.05) is 17.0 Å². The molecule has 0 fully saturated rings. The van der Waals surface area contributed by atoms with Crippen LogP contribution in [-0.4, -0.2) is 23.4 Å². The summed E-state index contributed by atoms with van der Waals surface area (Å²) in [6, 6.07) is 5.88. The Labute approximate surface area is 121 Å². The van der Waals surface area contributed by atoms with Crippen LogP contribution in [0.4, 0.5) is 13.2 Å². The Morgan fingerprint density at radius 3 is 2.35 bits per heavy atom. The maximum absolute atomic E-state index is 12.0. The predicted octanol–water partition coefficient (Wildman–Crippen LogP) is 3.99. The molecule has 0 aliphatic rings. The summed E-state index contributed by atoms with van der Waals surface area (Å²) in [5.41, 5.74) is 6.93. The molecule has 0 saturated heterocycles. The Morgan fingerprint density at radius 2 is 1.85 bits per heavy atom. The van der Waals surface area contributed by atoms with Crippen LogP contribution >= 0.6 is 11.8 Å². The van der Waals surface area contributed by atoms with E-state index < -0.39 is 6.36 Å². The third kappa shape index (κ3) is 7.05. The maximum atomic E-state index is 12.0. The highest BCUT2D eigenvalue weighted by atomic mass is 32.2. The normalized spacial score (nSPS) is 14.9. The molecule has 2 atom stereocenters. The highest BCUT2D eigenvalue weighted by Gasteiger charge is 2.30. The van der Waals surface area contributed by atoms with Gasteiger partial charge < -0.3 is 10.5 Å². The molecule has 6 heteroatoms. The Balaban J connectivity index is 2.44. The smallest absolute Gasteiger partial charge is 0.406 e. The number of rotatable bonds is 7. The van der Waals surface area contributed by atoms with Crippen molar-refractivity contribution < 1.29 is 17.9 Å². The zero-order chi connectivity index (χ0) is 15.2.